The number of nitro groups is 1. The van der Waals surface area contributed by atoms with Crippen molar-refractivity contribution in [2.24, 2.45) is 0 Å². The third-order valence-electron chi connectivity index (χ3n) is 3.12. The minimum atomic E-state index is -0.658. The van der Waals surface area contributed by atoms with Crippen molar-refractivity contribution >= 4 is 12.3 Å². The van der Waals surface area contributed by atoms with Crippen LogP contribution < -0.4 is 10.4 Å². The molecule has 1 aliphatic heterocycles. The van der Waals surface area contributed by atoms with Crippen molar-refractivity contribution in [3.63, 3.8) is 0 Å². The van der Waals surface area contributed by atoms with Crippen molar-refractivity contribution in [2.45, 2.75) is 12.5 Å². The second-order valence-electron chi connectivity index (χ2n) is 4.31. The molecule has 1 aromatic carbocycles. The molecule has 3 rings (SSSR count). The predicted molar refractivity (Wildman–Crippen MR) is 67.3 cm³/mol. The second kappa shape index (κ2) is 4.14. The molecule has 0 saturated heterocycles. The summed E-state index contributed by atoms with van der Waals surface area (Å²) in [4.78, 5) is 10.6. The molecule has 90 valence electrons. The predicted octanol–water partition coefficient (Wildman–Crippen LogP) is 1.09. The van der Waals surface area contributed by atoms with Gasteiger partial charge >= 0.3 is 0 Å². The Balaban J connectivity index is 2.08. The molecule has 1 aliphatic carbocycles. The molecule has 0 saturated carbocycles. The van der Waals surface area contributed by atoms with Crippen LogP contribution in [0.2, 0.25) is 0 Å². The molecule has 0 fully saturated rings. The van der Waals surface area contributed by atoms with Crippen molar-refractivity contribution in [1.29, 1.82) is 0 Å². The number of rotatable bonds is 1. The van der Waals surface area contributed by atoms with E-state index in [1.165, 1.54) is 0 Å². The first kappa shape index (κ1) is 10.8. The van der Waals surface area contributed by atoms with Crippen LogP contribution in [-0.2, 0) is 4.74 Å². The Hall–Kier alpha value is -2.36. The van der Waals surface area contributed by atoms with Gasteiger partial charge in [0.1, 0.15) is 5.76 Å². The van der Waals surface area contributed by atoms with Crippen LogP contribution in [0.3, 0.4) is 0 Å². The molecule has 1 unspecified atom stereocenters. The highest BCUT2D eigenvalue weighted by Gasteiger charge is 2.24. The molecule has 0 radical (unpaired) electrons. The van der Waals surface area contributed by atoms with Crippen LogP contribution in [0.15, 0.2) is 47.7 Å². The summed E-state index contributed by atoms with van der Waals surface area (Å²) < 4.78 is 5.58. The summed E-state index contributed by atoms with van der Waals surface area (Å²) in [6.45, 7) is 0. The quantitative estimate of drug-likeness (QED) is 0.546. The standard InChI is InChI=1S/C14H11NO3/c16-15(17)13-5-6-14-12(8-13)7-10-3-1-2-4-11(10)9-18-14/h1-7,9,13H,8H2. The number of fused-ring (bicyclic) bond motifs is 1. The third kappa shape index (κ3) is 1.82. The van der Waals surface area contributed by atoms with Gasteiger partial charge in [-0.25, -0.2) is 0 Å². The Kier molecular flexibility index (Phi) is 2.48. The summed E-state index contributed by atoms with van der Waals surface area (Å²) in [5.74, 6) is 0.698. The van der Waals surface area contributed by atoms with Crippen molar-refractivity contribution in [3.8, 4) is 0 Å². The molecule has 0 amide bonds. The van der Waals surface area contributed by atoms with Crippen molar-refractivity contribution in [2.75, 3.05) is 0 Å². The maximum atomic E-state index is 10.8. The van der Waals surface area contributed by atoms with Crippen LogP contribution in [-0.4, -0.2) is 11.0 Å². The first-order valence-electron chi connectivity index (χ1n) is 5.72. The fourth-order valence-corrected chi connectivity index (χ4v) is 2.15. The van der Waals surface area contributed by atoms with E-state index in [9.17, 15) is 10.1 Å². The van der Waals surface area contributed by atoms with E-state index in [0.29, 0.717) is 12.2 Å². The second-order valence-corrected chi connectivity index (χ2v) is 4.31. The lowest BCUT2D eigenvalue weighted by Crippen LogP contribution is -2.24. The molecule has 0 bridgehead atoms. The molecular formula is C14H11NO3. The number of hydrogen-bond acceptors (Lipinski definition) is 3. The Morgan fingerprint density at radius 3 is 2.83 bits per heavy atom. The summed E-state index contributed by atoms with van der Waals surface area (Å²) in [5, 5.41) is 12.8. The first-order valence-corrected chi connectivity index (χ1v) is 5.72. The molecule has 0 N–H and O–H groups in total. The highest BCUT2D eigenvalue weighted by molar-refractivity contribution is 5.55. The number of allylic oxidation sites excluding steroid dienone is 1. The molecule has 2 aliphatic rings. The molecule has 1 heterocycles. The number of ether oxygens (including phenoxy) is 1. The van der Waals surface area contributed by atoms with E-state index in [1.54, 1.807) is 18.4 Å². The van der Waals surface area contributed by atoms with E-state index in [0.717, 1.165) is 16.0 Å². The lowest BCUT2D eigenvalue weighted by molar-refractivity contribution is -0.508. The van der Waals surface area contributed by atoms with Gasteiger partial charge in [-0.3, -0.25) is 10.1 Å². The van der Waals surface area contributed by atoms with Crippen molar-refractivity contribution in [3.05, 3.63) is 68.3 Å². The molecular weight excluding hydrogens is 230 g/mol. The Labute approximate surface area is 103 Å². The maximum absolute atomic E-state index is 10.8. The minimum absolute atomic E-state index is 0.269. The molecule has 0 aromatic heterocycles. The van der Waals surface area contributed by atoms with Gasteiger partial charge in [-0.05, 0) is 23.4 Å². The lowest BCUT2D eigenvalue weighted by Gasteiger charge is -2.13. The van der Waals surface area contributed by atoms with E-state index < -0.39 is 6.04 Å². The topological polar surface area (TPSA) is 52.4 Å². The Morgan fingerprint density at radius 1 is 1.28 bits per heavy atom. The average molecular weight is 241 g/mol. The number of benzene rings is 1. The van der Waals surface area contributed by atoms with Crippen molar-refractivity contribution in [1.82, 2.24) is 0 Å². The first-order chi connectivity index (χ1) is 8.74. The minimum Gasteiger partial charge on any atom is -0.464 e. The summed E-state index contributed by atoms with van der Waals surface area (Å²) in [6, 6.07) is 7.16. The van der Waals surface area contributed by atoms with E-state index in [2.05, 4.69) is 0 Å². The zero-order valence-corrected chi connectivity index (χ0v) is 9.58. The number of hydrogen-bond donors (Lipinski definition) is 0. The fourth-order valence-electron chi connectivity index (χ4n) is 2.15. The van der Waals surface area contributed by atoms with Gasteiger partial charge in [-0.15, -0.1) is 0 Å². The third-order valence-corrected chi connectivity index (χ3v) is 3.12. The van der Waals surface area contributed by atoms with E-state index >= 15 is 0 Å². The van der Waals surface area contributed by atoms with Gasteiger partial charge in [0.05, 0.1) is 6.26 Å². The fraction of sp³-hybridized carbons (Fsp3) is 0.143. The molecule has 0 spiro atoms. The number of nitrogens with zero attached hydrogens (tertiary/aromatic N) is 1. The van der Waals surface area contributed by atoms with Crippen LogP contribution in [0.5, 0.6) is 0 Å². The summed E-state index contributed by atoms with van der Waals surface area (Å²) in [5.41, 5.74) is 0.875. The van der Waals surface area contributed by atoms with Gasteiger partial charge < -0.3 is 4.74 Å². The highest BCUT2D eigenvalue weighted by atomic mass is 16.6. The van der Waals surface area contributed by atoms with Gasteiger partial charge in [0.25, 0.3) is 0 Å². The monoisotopic (exact) mass is 241 g/mol. The van der Waals surface area contributed by atoms with Crippen LogP contribution in [0, 0.1) is 10.1 Å². The summed E-state index contributed by atoms with van der Waals surface area (Å²) >= 11 is 0. The zero-order chi connectivity index (χ0) is 12.5. The molecule has 18 heavy (non-hydrogen) atoms. The molecule has 1 atom stereocenters. The van der Waals surface area contributed by atoms with Crippen LogP contribution in [0.25, 0.3) is 12.3 Å². The SMILES string of the molecule is O=[N+]([O-])C1C=CC2=C(C=c3ccccc3=CO2)C1. The van der Waals surface area contributed by atoms with E-state index in [1.807, 2.05) is 30.3 Å². The highest BCUT2D eigenvalue weighted by Crippen LogP contribution is 2.23. The molecule has 4 nitrogen and oxygen atoms in total. The van der Waals surface area contributed by atoms with Gasteiger partial charge in [0.15, 0.2) is 0 Å². The summed E-state index contributed by atoms with van der Waals surface area (Å²) in [7, 11) is 0. The van der Waals surface area contributed by atoms with Crippen molar-refractivity contribution < 1.29 is 9.66 Å². The molecule has 1 aromatic rings. The van der Waals surface area contributed by atoms with E-state index in [4.69, 9.17) is 4.74 Å². The summed E-state index contributed by atoms with van der Waals surface area (Å²) in [6.07, 6.45) is 7.29. The van der Waals surface area contributed by atoms with Gasteiger partial charge in [-0.2, -0.15) is 0 Å². The smallest absolute Gasteiger partial charge is 0.235 e. The Morgan fingerprint density at radius 2 is 2.06 bits per heavy atom. The Bertz CT molecular complexity index is 685. The van der Waals surface area contributed by atoms with Gasteiger partial charge in [0.2, 0.25) is 6.04 Å². The zero-order valence-electron chi connectivity index (χ0n) is 9.58. The van der Waals surface area contributed by atoms with Crippen LogP contribution >= 0.6 is 0 Å². The normalized spacial score (nSPS) is 20.8. The van der Waals surface area contributed by atoms with E-state index in [-0.39, 0.29) is 4.92 Å². The lowest BCUT2D eigenvalue weighted by atomic mass is 9.98. The van der Waals surface area contributed by atoms with Crippen LogP contribution in [0.4, 0.5) is 0 Å². The maximum Gasteiger partial charge on any atom is 0.235 e. The van der Waals surface area contributed by atoms with Gasteiger partial charge in [0, 0.05) is 22.1 Å². The van der Waals surface area contributed by atoms with Crippen LogP contribution in [0.1, 0.15) is 6.42 Å². The van der Waals surface area contributed by atoms with Gasteiger partial charge in [-0.1, -0.05) is 24.3 Å². The average Bonchev–Trinajstić information content (AvgIpc) is 2.56. The molecule has 4 heteroatoms. The largest absolute Gasteiger partial charge is 0.464 e.